The van der Waals surface area contributed by atoms with Crippen molar-refractivity contribution in [3.8, 4) is 27.9 Å². The van der Waals surface area contributed by atoms with Gasteiger partial charge in [0.2, 0.25) is 0 Å². The van der Waals surface area contributed by atoms with Crippen LogP contribution in [0.15, 0.2) is 261 Å². The quantitative estimate of drug-likeness (QED) is 0.158. The lowest BCUT2D eigenvalue weighted by atomic mass is 9.70. The Morgan fingerprint density at radius 3 is 1.50 bits per heavy atom. The van der Waals surface area contributed by atoms with Crippen LogP contribution in [0.25, 0.3) is 60.5 Å². The van der Waals surface area contributed by atoms with E-state index in [0.717, 1.165) is 34.1 Å². The monoisotopic (exact) mass is 865 g/mol. The molecule has 12 aromatic rings. The molecule has 1 atom stereocenters. The molecule has 0 aliphatic heterocycles. The van der Waals surface area contributed by atoms with Gasteiger partial charge in [0.05, 0.1) is 22.1 Å². The van der Waals surface area contributed by atoms with Crippen molar-refractivity contribution < 1.29 is 0 Å². The average molecular weight is 866 g/mol. The van der Waals surface area contributed by atoms with Crippen molar-refractivity contribution in [2.24, 2.45) is 0 Å². The van der Waals surface area contributed by atoms with Crippen LogP contribution in [0.1, 0.15) is 22.3 Å². The summed E-state index contributed by atoms with van der Waals surface area (Å²) in [5, 5.41) is 4.87. The van der Waals surface area contributed by atoms with Crippen LogP contribution in [0.5, 0.6) is 0 Å². The minimum atomic E-state index is -0.610. The second-order valence-corrected chi connectivity index (χ2v) is 18.0. The molecule has 1 unspecified atom stereocenters. The van der Waals surface area contributed by atoms with Gasteiger partial charge in [-0.25, -0.2) is 0 Å². The van der Waals surface area contributed by atoms with Gasteiger partial charge in [-0.1, -0.05) is 170 Å². The zero-order chi connectivity index (χ0) is 44.8. The average Bonchev–Trinajstić information content (AvgIpc) is 4.01. The van der Waals surface area contributed by atoms with Crippen molar-refractivity contribution >= 4 is 66.7 Å². The molecule has 11 aromatic carbocycles. The fourth-order valence-corrected chi connectivity index (χ4v) is 11.8. The molecular formula is C65H43N3. The lowest BCUT2D eigenvalue weighted by Gasteiger charge is -2.33. The number of fused-ring (bicyclic) bond motifs is 14. The van der Waals surface area contributed by atoms with Crippen molar-refractivity contribution in [1.82, 2.24) is 4.57 Å². The van der Waals surface area contributed by atoms with Gasteiger partial charge in [-0.05, 0) is 135 Å². The molecule has 3 nitrogen and oxygen atoms in total. The lowest BCUT2D eigenvalue weighted by Crippen LogP contribution is -2.26. The number of hydrogen-bond acceptors (Lipinski definition) is 2. The number of rotatable bonds is 7. The summed E-state index contributed by atoms with van der Waals surface area (Å²) in [5.41, 5.74) is 19.9. The van der Waals surface area contributed by atoms with E-state index in [1.165, 1.54) is 82.8 Å². The number of para-hydroxylation sites is 5. The number of benzene rings is 11. The number of aromatic nitrogens is 1. The first-order valence-electron chi connectivity index (χ1n) is 23.5. The minimum absolute atomic E-state index is 0.610. The molecule has 1 aromatic heterocycles. The van der Waals surface area contributed by atoms with Crippen molar-refractivity contribution in [3.63, 3.8) is 0 Å². The van der Waals surface area contributed by atoms with Crippen LogP contribution in [-0.4, -0.2) is 4.57 Å². The molecule has 1 spiro atoms. The fraction of sp³-hybridized carbons (Fsp3) is 0.0154. The first kappa shape index (κ1) is 38.4. The van der Waals surface area contributed by atoms with Crippen LogP contribution < -0.4 is 9.80 Å². The summed E-state index contributed by atoms with van der Waals surface area (Å²) in [5.74, 6) is 0. The summed E-state index contributed by atoms with van der Waals surface area (Å²) in [6, 6.07) is 96.1. The highest BCUT2D eigenvalue weighted by Crippen LogP contribution is 2.66. The zero-order valence-electron chi connectivity index (χ0n) is 37.2. The van der Waals surface area contributed by atoms with E-state index < -0.39 is 5.41 Å². The molecule has 0 saturated carbocycles. The molecule has 0 fully saturated rings. The second kappa shape index (κ2) is 15.1. The molecule has 14 rings (SSSR count). The predicted octanol–water partition coefficient (Wildman–Crippen LogP) is 17.2. The molecule has 68 heavy (non-hydrogen) atoms. The summed E-state index contributed by atoms with van der Waals surface area (Å²) < 4.78 is 2.39. The van der Waals surface area contributed by atoms with Crippen LogP contribution >= 0.6 is 0 Å². The van der Waals surface area contributed by atoms with Gasteiger partial charge in [-0.15, -0.1) is 0 Å². The zero-order valence-corrected chi connectivity index (χ0v) is 37.2. The highest BCUT2D eigenvalue weighted by molar-refractivity contribution is 6.13. The van der Waals surface area contributed by atoms with Gasteiger partial charge < -0.3 is 14.4 Å². The van der Waals surface area contributed by atoms with Gasteiger partial charge in [-0.3, -0.25) is 0 Å². The summed E-state index contributed by atoms with van der Waals surface area (Å²) in [4.78, 5) is 4.93. The Morgan fingerprint density at radius 1 is 0.294 bits per heavy atom. The second-order valence-electron chi connectivity index (χ2n) is 18.0. The van der Waals surface area contributed by atoms with Crippen molar-refractivity contribution in [2.75, 3.05) is 9.80 Å². The highest BCUT2D eigenvalue weighted by atomic mass is 15.2. The van der Waals surface area contributed by atoms with Crippen molar-refractivity contribution in [1.29, 1.82) is 0 Å². The Labute approximate surface area is 395 Å². The van der Waals surface area contributed by atoms with Gasteiger partial charge >= 0.3 is 0 Å². The van der Waals surface area contributed by atoms with Gasteiger partial charge in [0.1, 0.15) is 0 Å². The minimum Gasteiger partial charge on any atom is -0.310 e. The largest absolute Gasteiger partial charge is 0.310 e. The Bertz CT molecular complexity index is 3870. The van der Waals surface area contributed by atoms with Crippen LogP contribution in [0.2, 0.25) is 0 Å². The maximum absolute atomic E-state index is 2.51. The first-order chi connectivity index (χ1) is 33.8. The SMILES string of the molecule is c1ccc(N(c2ccc3c(c2)C2(c4ccccc4-3)c3ccccc3-c3c2cc2ccccc2c3N(c2ccccc2)c2ccccc2)c2ccc3c(c2)c2ccccc2n3-c2ccccc2)cc1. The van der Waals surface area contributed by atoms with E-state index in [1.54, 1.807) is 0 Å². The third-order valence-electron chi connectivity index (χ3n) is 14.5. The van der Waals surface area contributed by atoms with E-state index in [9.17, 15) is 0 Å². The van der Waals surface area contributed by atoms with Gasteiger partial charge in [0.15, 0.2) is 0 Å². The lowest BCUT2D eigenvalue weighted by molar-refractivity contribution is 0.795. The van der Waals surface area contributed by atoms with E-state index in [0.29, 0.717) is 0 Å². The van der Waals surface area contributed by atoms with E-state index in [2.05, 4.69) is 275 Å². The van der Waals surface area contributed by atoms with Gasteiger partial charge in [0, 0.05) is 55.8 Å². The highest BCUT2D eigenvalue weighted by Gasteiger charge is 2.53. The molecule has 0 N–H and O–H groups in total. The maximum atomic E-state index is 2.51. The van der Waals surface area contributed by atoms with Crippen LogP contribution in [0.4, 0.5) is 34.1 Å². The molecule has 2 aliphatic carbocycles. The van der Waals surface area contributed by atoms with Crippen molar-refractivity contribution in [3.05, 3.63) is 283 Å². The molecule has 1 heterocycles. The Kier molecular flexibility index (Phi) is 8.50. The topological polar surface area (TPSA) is 11.4 Å². The number of anilines is 6. The molecule has 0 amide bonds. The van der Waals surface area contributed by atoms with Gasteiger partial charge in [-0.2, -0.15) is 0 Å². The Hall–Kier alpha value is -8.92. The maximum Gasteiger partial charge on any atom is 0.0727 e. The summed E-state index contributed by atoms with van der Waals surface area (Å²) in [7, 11) is 0. The molecule has 0 saturated heterocycles. The molecule has 0 bridgehead atoms. The van der Waals surface area contributed by atoms with Gasteiger partial charge in [0.25, 0.3) is 0 Å². The molecular weight excluding hydrogens is 823 g/mol. The van der Waals surface area contributed by atoms with E-state index >= 15 is 0 Å². The standard InChI is InChI=1S/C65H43N3/c1-5-22-45(23-6-1)66(49-38-40-62-56(42-49)54-32-17-20-36-61(54)68(62)48-28-11-4-12-29-48)50-37-39-53-52-31-15-18-34-57(52)65(59(53)43-50)58-35-19-16-33-55(58)63-60(65)41-44-21-13-14-30-51(44)64(63)67(46-24-7-2-8-25-46)47-26-9-3-10-27-47/h1-43H. The predicted molar refractivity (Wildman–Crippen MR) is 284 cm³/mol. The van der Waals surface area contributed by atoms with Crippen molar-refractivity contribution in [2.45, 2.75) is 5.41 Å². The molecule has 3 heteroatoms. The van der Waals surface area contributed by atoms with E-state index in [-0.39, 0.29) is 0 Å². The van der Waals surface area contributed by atoms with Crippen LogP contribution in [0, 0.1) is 0 Å². The Morgan fingerprint density at radius 2 is 0.794 bits per heavy atom. The molecule has 2 aliphatic rings. The smallest absolute Gasteiger partial charge is 0.0727 e. The summed E-state index contributed by atoms with van der Waals surface area (Å²) in [6.45, 7) is 0. The third-order valence-corrected chi connectivity index (χ3v) is 14.5. The summed E-state index contributed by atoms with van der Waals surface area (Å²) >= 11 is 0. The van der Waals surface area contributed by atoms with E-state index in [1.807, 2.05) is 0 Å². The molecule has 0 radical (unpaired) electrons. The first-order valence-corrected chi connectivity index (χ1v) is 23.5. The normalized spacial score (nSPS) is 14.2. The third kappa shape index (κ3) is 5.47. The number of nitrogens with zero attached hydrogens (tertiary/aromatic N) is 3. The summed E-state index contributed by atoms with van der Waals surface area (Å²) in [6.07, 6.45) is 0. The Balaban J connectivity index is 1.05. The van der Waals surface area contributed by atoms with E-state index in [4.69, 9.17) is 0 Å². The van der Waals surface area contributed by atoms with Crippen LogP contribution in [-0.2, 0) is 5.41 Å². The number of hydrogen-bond donors (Lipinski definition) is 0. The van der Waals surface area contributed by atoms with Crippen LogP contribution in [0.3, 0.4) is 0 Å². The fourth-order valence-electron chi connectivity index (χ4n) is 11.8. The molecule has 318 valence electrons.